The van der Waals surface area contributed by atoms with Crippen LogP contribution in [0.2, 0.25) is 0 Å². The molecule has 0 aliphatic carbocycles. The van der Waals surface area contributed by atoms with Crippen LogP contribution in [0.5, 0.6) is 11.6 Å². The first-order valence-electron chi connectivity index (χ1n) is 21.6. The van der Waals surface area contributed by atoms with Gasteiger partial charge in [0.05, 0.1) is 25.9 Å². The third-order valence-corrected chi connectivity index (χ3v) is 19.1. The van der Waals surface area contributed by atoms with Crippen LogP contribution in [0.4, 0.5) is 39.3 Å². The summed E-state index contributed by atoms with van der Waals surface area (Å²) in [5.74, 6) is -6.11. The van der Waals surface area contributed by atoms with Gasteiger partial charge >= 0.3 is 5.97 Å². The number of hydrogen-bond acceptors (Lipinski definition) is 29. The number of nitrogens with one attached hydrogen (secondary N) is 1. The molecule has 8 rings (SSSR count). The van der Waals surface area contributed by atoms with Crippen LogP contribution in [0, 0.1) is 0 Å². The summed E-state index contributed by atoms with van der Waals surface area (Å²) in [6, 6.07) is 4.80. The van der Waals surface area contributed by atoms with Gasteiger partial charge in [0, 0.05) is 28.5 Å². The van der Waals surface area contributed by atoms with Crippen molar-refractivity contribution >= 4 is 175 Å². The van der Waals surface area contributed by atoms with Crippen LogP contribution >= 0.6 is 11.3 Å². The van der Waals surface area contributed by atoms with E-state index in [9.17, 15) is 129 Å². The van der Waals surface area contributed by atoms with Crippen molar-refractivity contribution in [3.63, 3.8) is 0 Å². The number of phenols is 1. The molecule has 12 N–H and O–H groups in total. The van der Waals surface area contributed by atoms with Crippen LogP contribution < -0.4 is 5.32 Å². The number of hydrogen-bond donors (Lipinski definition) is 12. The van der Waals surface area contributed by atoms with Gasteiger partial charge < -0.3 is 20.6 Å². The van der Waals surface area contributed by atoms with Crippen LogP contribution in [0.1, 0.15) is 17.4 Å². The number of aromatic hydroxyl groups is 2. The first kappa shape index (κ1) is 64.6. The van der Waals surface area contributed by atoms with E-state index in [0.717, 1.165) is 13.0 Å². The molecule has 39 nitrogen and oxygen atoms in total. The molecule has 0 unspecified atom stereocenters. The number of amides is 1. The summed E-state index contributed by atoms with van der Waals surface area (Å²) < 4.78 is 279. The highest BCUT2D eigenvalue weighted by molar-refractivity contribution is 7.88. The number of fused-ring (bicyclic) bond motifs is 3. The smallest absolute Gasteiger partial charge is 0.358 e. The molecule has 0 fully saturated rings. The minimum atomic E-state index is -5.85. The summed E-state index contributed by atoms with van der Waals surface area (Å²) in [5, 5.41) is 55.3. The third kappa shape index (κ3) is 13.1. The van der Waals surface area contributed by atoms with Crippen LogP contribution in [0.25, 0.3) is 37.4 Å². The predicted molar refractivity (Wildman–Crippen MR) is 287 cm³/mol. The highest BCUT2D eigenvalue weighted by Crippen LogP contribution is 2.48. The number of anilines is 1. The van der Waals surface area contributed by atoms with E-state index in [-0.39, 0.29) is 21.5 Å². The molecule has 0 aliphatic heterocycles. The molecule has 0 aliphatic rings. The van der Waals surface area contributed by atoms with Crippen LogP contribution in [0.3, 0.4) is 0 Å². The monoisotopic (exact) mass is 1390 g/mol. The van der Waals surface area contributed by atoms with Gasteiger partial charge in [-0.2, -0.15) is 77.1 Å². The zero-order chi connectivity index (χ0) is 65.0. The van der Waals surface area contributed by atoms with Gasteiger partial charge in [0.15, 0.2) is 11.4 Å². The summed E-state index contributed by atoms with van der Waals surface area (Å²) in [7, 11) is -44.3. The minimum absolute atomic E-state index is 0.0704. The summed E-state index contributed by atoms with van der Waals surface area (Å²) in [6.45, 7) is 0.893. The van der Waals surface area contributed by atoms with Crippen LogP contribution in [0.15, 0.2) is 137 Å². The molecule has 2 aromatic heterocycles. The average Bonchev–Trinajstić information content (AvgIpc) is 1.34. The normalized spacial score (nSPS) is 13.5. The van der Waals surface area contributed by atoms with Crippen molar-refractivity contribution in [3.05, 3.63) is 72.4 Å². The van der Waals surface area contributed by atoms with Crippen LogP contribution in [-0.4, -0.2) is 146 Å². The Kier molecular flexibility index (Phi) is 16.1. The number of azo groups is 3. The summed E-state index contributed by atoms with van der Waals surface area (Å²) in [4.78, 5) is 17.7. The Morgan fingerprint density at radius 2 is 1.01 bits per heavy atom. The molecule has 460 valence electrons. The molecule has 87 heavy (non-hydrogen) atoms. The van der Waals surface area contributed by atoms with Gasteiger partial charge in [0.25, 0.3) is 80.9 Å². The maximum Gasteiger partial charge on any atom is 0.358 e. The molecule has 0 atom stereocenters. The minimum Gasteiger partial charge on any atom is -0.505 e. The number of aromatic nitrogens is 3. The van der Waals surface area contributed by atoms with Gasteiger partial charge in [0.1, 0.15) is 57.6 Å². The van der Waals surface area contributed by atoms with Crippen molar-refractivity contribution in [1.82, 2.24) is 14.8 Å². The number of aromatic carboxylic acids is 1. The number of carboxylic acids is 1. The van der Waals surface area contributed by atoms with E-state index in [1.807, 2.05) is 0 Å². The number of nitrogens with zero attached hydrogens (tertiary/aromatic N) is 9. The van der Waals surface area contributed by atoms with Crippen molar-refractivity contribution < 1.29 is 129 Å². The Balaban J connectivity index is 1.26. The molecule has 0 spiro atoms. The second-order valence-electron chi connectivity index (χ2n) is 17.0. The molecule has 0 radical (unpaired) electrons. The zero-order valence-corrected chi connectivity index (χ0v) is 48.7. The lowest BCUT2D eigenvalue weighted by Crippen LogP contribution is -2.09. The van der Waals surface area contributed by atoms with E-state index >= 15 is 0 Å². The maximum atomic E-state index is 13.1. The Labute approximate surface area is 487 Å². The highest BCUT2D eigenvalue weighted by atomic mass is 32.3. The van der Waals surface area contributed by atoms with Gasteiger partial charge in [-0.3, -0.25) is 41.2 Å². The highest BCUT2D eigenvalue weighted by Gasteiger charge is 2.32. The quantitative estimate of drug-likeness (QED) is 0.0418. The number of carboxylic acid groups (broad SMARTS) is 1. The number of rotatable bonds is 17. The molecule has 0 bridgehead atoms. The van der Waals surface area contributed by atoms with Gasteiger partial charge in [0.2, 0.25) is 22.6 Å². The van der Waals surface area contributed by atoms with Crippen molar-refractivity contribution in [2.75, 3.05) is 5.32 Å². The topological polar surface area (TPSA) is 647 Å². The fraction of sp³-hybridized carbons (Fsp3) is 0.0256. The van der Waals surface area contributed by atoms with E-state index < -0.39 is 221 Å². The Morgan fingerprint density at radius 3 is 1.55 bits per heavy atom. The molecule has 2 heterocycles. The van der Waals surface area contributed by atoms with Gasteiger partial charge in [-0.15, -0.1) is 30.7 Å². The van der Waals surface area contributed by atoms with Gasteiger partial charge in [-0.05, 0) is 66.7 Å². The molecular weight excluding hydrogens is 1360 g/mol. The summed E-state index contributed by atoms with van der Waals surface area (Å²) >= 11 is 0.381. The largest absolute Gasteiger partial charge is 0.505 e. The lowest BCUT2D eigenvalue weighted by Gasteiger charge is -2.13. The molecule has 0 saturated carbocycles. The van der Waals surface area contributed by atoms with E-state index in [2.05, 4.69) is 46.1 Å². The number of phenolic OH excluding ortho intramolecular Hbond substituents is 1. The van der Waals surface area contributed by atoms with Crippen molar-refractivity contribution in [2.24, 2.45) is 30.7 Å². The molecule has 6 aromatic carbocycles. The van der Waals surface area contributed by atoms with E-state index in [4.69, 9.17) is 0 Å². The van der Waals surface area contributed by atoms with Crippen molar-refractivity contribution in [1.29, 1.82) is 0 Å². The fourth-order valence-corrected chi connectivity index (χ4v) is 14.2. The van der Waals surface area contributed by atoms with E-state index in [1.165, 1.54) is 0 Å². The van der Waals surface area contributed by atoms with Crippen molar-refractivity contribution in [2.45, 2.75) is 46.1 Å². The Bertz CT molecular complexity index is 5520. The SMILES string of the molecule is CC(=O)Nc1cc(N=Nc2c(S(=O)(=O)O)cc3c(S(=O)(=O)O)c(N=Nc4c(C(=O)O)nn(-c5cc(S(=O)(=O)O)c6cc(S(=O)(=O)O)cc(S(=O)(=O)O)c6c5)c4O)ccc3c2O)c(S(=O)(=O)O)cc1N=Nc1nc2c(S(=O)(=O)O)cc(S(=O)(=O)O)cc2s1. The van der Waals surface area contributed by atoms with Gasteiger partial charge in [-0.25, -0.2) is 9.78 Å². The van der Waals surface area contributed by atoms with Gasteiger partial charge in [-0.1, -0.05) is 11.3 Å². The first-order valence-corrected chi connectivity index (χ1v) is 34.0. The zero-order valence-electron chi connectivity index (χ0n) is 41.3. The third-order valence-electron chi connectivity index (χ3n) is 11.2. The number of carbonyl (C=O) groups excluding carboxylic acids is 1. The predicted octanol–water partition coefficient (Wildman–Crippen LogP) is 5.08. The Morgan fingerprint density at radius 1 is 0.494 bits per heavy atom. The Hall–Kier alpha value is -8.44. The molecule has 48 heteroatoms. The fourth-order valence-electron chi connectivity index (χ4n) is 7.77. The summed E-state index contributed by atoms with van der Waals surface area (Å²) in [6.07, 6.45) is 0. The lowest BCUT2D eigenvalue weighted by molar-refractivity contribution is -0.114. The number of benzene rings is 6. The van der Waals surface area contributed by atoms with Crippen LogP contribution in [-0.2, 0) is 85.7 Å². The lowest BCUT2D eigenvalue weighted by atomic mass is 10.1. The molecule has 8 aromatic rings. The average molecular weight is 1390 g/mol. The van der Waals surface area contributed by atoms with Crippen molar-refractivity contribution in [3.8, 4) is 17.3 Å². The molecule has 0 saturated heterocycles. The second kappa shape index (κ2) is 21.8. The standard InChI is InChI=1S/C39H26N10O29S9/c1-13(50)40-22-11-24(28(84(67,68)69)12-23(22)43-47-39-41-31-25(79-39)7-16(81(58,59)60)9-29(31)85(70,71)72)44-45-32-30(86(73,74)75)10-20-17(35(32)51)2-3-21(36(20)87(76,77)78)42-46-33-34(38(53)54)48-49(37(33)52)14-4-18-19(26(5-14)82(61,62)63)6-15(80(55,56)57)8-27(18)83(64,65)66/h2-12,51-52H,1H3,(H,40,50)(H,53,54)(H,55,56,57)(H,58,59,60)(H,61,62,63)(H,64,65,66)(H,67,68,69)(H,70,71,72)(H,73,74,75)(H,76,77,78). The first-order chi connectivity index (χ1) is 39.7. The number of carbonyl (C=O) groups is 2. The van der Waals surface area contributed by atoms with E-state index in [0.29, 0.717) is 59.9 Å². The maximum absolute atomic E-state index is 13.1. The molecular formula is C39H26N10O29S9. The summed E-state index contributed by atoms with van der Waals surface area (Å²) in [5.41, 5.74) is -9.20. The van der Waals surface area contributed by atoms with E-state index in [1.54, 1.807) is 0 Å². The molecule has 1 amide bonds. The number of thiazole rings is 1. The second-order valence-corrected chi connectivity index (χ2v) is 29.1.